The third-order valence-electron chi connectivity index (χ3n) is 3.78. The molecule has 22 heavy (non-hydrogen) atoms. The van der Waals surface area contributed by atoms with E-state index in [1.54, 1.807) is 19.2 Å². The summed E-state index contributed by atoms with van der Waals surface area (Å²) < 4.78 is 5.04. The second-order valence-electron chi connectivity index (χ2n) is 5.80. The zero-order valence-electron chi connectivity index (χ0n) is 12.5. The van der Waals surface area contributed by atoms with Crippen molar-refractivity contribution in [2.45, 2.75) is 17.7 Å². The first-order chi connectivity index (χ1) is 10.3. The Morgan fingerprint density at radius 3 is 2.73 bits per heavy atom. The first-order valence-corrected chi connectivity index (χ1v) is 8.25. The lowest BCUT2D eigenvalue weighted by Gasteiger charge is -2.17. The Hall–Kier alpha value is -0.840. The molecule has 2 rings (SSSR count). The molecule has 4 nitrogen and oxygen atoms in total. The molecule has 0 saturated heterocycles. The Morgan fingerprint density at radius 2 is 2.14 bits per heavy atom. The number of halogens is 3. The number of carbonyl (C=O) groups is 1. The topological polar surface area (TPSA) is 41.6 Å². The second-order valence-corrected chi connectivity index (χ2v) is 7.66. The van der Waals surface area contributed by atoms with E-state index in [4.69, 9.17) is 39.5 Å². The average Bonchev–Trinajstić information content (AvgIpc) is 2.96. The van der Waals surface area contributed by atoms with E-state index in [1.807, 2.05) is 19.1 Å². The highest BCUT2D eigenvalue weighted by molar-refractivity contribution is 6.51. The number of urea groups is 1. The number of nitrogens with one attached hydrogen (secondary N) is 1. The van der Waals surface area contributed by atoms with Crippen LogP contribution in [0.15, 0.2) is 24.3 Å². The molecule has 1 atom stereocenters. The lowest BCUT2D eigenvalue weighted by molar-refractivity contribution is 0.225. The number of hydrogen-bond donors (Lipinski definition) is 1. The van der Waals surface area contributed by atoms with Gasteiger partial charge in [0, 0.05) is 36.6 Å². The SMILES string of the molecule is CN(CCCl)C(=O)Nc1cccc(OCC2(C)CC2(Cl)Cl)c1. The van der Waals surface area contributed by atoms with Gasteiger partial charge < -0.3 is 15.0 Å². The van der Waals surface area contributed by atoms with Crippen molar-refractivity contribution in [3.8, 4) is 5.75 Å². The van der Waals surface area contributed by atoms with Gasteiger partial charge in [-0.05, 0) is 18.6 Å². The smallest absolute Gasteiger partial charge is 0.321 e. The lowest BCUT2D eigenvalue weighted by Crippen LogP contribution is -2.32. The fraction of sp³-hybridized carbons (Fsp3) is 0.533. The molecule has 0 bridgehead atoms. The molecule has 1 aromatic rings. The van der Waals surface area contributed by atoms with Gasteiger partial charge in [-0.25, -0.2) is 4.79 Å². The fourth-order valence-electron chi connectivity index (χ4n) is 1.96. The van der Waals surface area contributed by atoms with Crippen LogP contribution in [0.4, 0.5) is 10.5 Å². The average molecular weight is 366 g/mol. The normalized spacial score (nSPS) is 22.0. The van der Waals surface area contributed by atoms with E-state index in [0.29, 0.717) is 36.9 Å². The number of alkyl halides is 3. The minimum Gasteiger partial charge on any atom is -0.493 e. The van der Waals surface area contributed by atoms with Crippen LogP contribution < -0.4 is 10.1 Å². The molecule has 0 radical (unpaired) electrons. The van der Waals surface area contributed by atoms with Crippen molar-refractivity contribution >= 4 is 46.5 Å². The van der Waals surface area contributed by atoms with Crippen molar-refractivity contribution in [2.75, 3.05) is 31.4 Å². The molecule has 7 heteroatoms. The van der Waals surface area contributed by atoms with Crippen LogP contribution in [0.25, 0.3) is 0 Å². The van der Waals surface area contributed by atoms with Gasteiger partial charge in [-0.2, -0.15) is 0 Å². The van der Waals surface area contributed by atoms with E-state index in [-0.39, 0.29) is 11.4 Å². The molecule has 1 saturated carbocycles. The molecule has 122 valence electrons. The highest BCUT2D eigenvalue weighted by Gasteiger charge is 2.63. The van der Waals surface area contributed by atoms with Crippen LogP contribution in [-0.4, -0.2) is 41.3 Å². The Labute approximate surface area is 145 Å². The van der Waals surface area contributed by atoms with E-state index >= 15 is 0 Å². The number of amides is 2. The Morgan fingerprint density at radius 1 is 1.45 bits per heavy atom. The van der Waals surface area contributed by atoms with Crippen LogP contribution in [0.5, 0.6) is 5.75 Å². The molecule has 0 aliphatic heterocycles. The molecule has 1 aliphatic carbocycles. The van der Waals surface area contributed by atoms with Crippen molar-refractivity contribution < 1.29 is 9.53 Å². The maximum atomic E-state index is 11.9. The zero-order valence-corrected chi connectivity index (χ0v) is 14.8. The summed E-state index contributed by atoms with van der Waals surface area (Å²) in [5, 5.41) is 2.79. The van der Waals surface area contributed by atoms with Crippen molar-refractivity contribution in [3.05, 3.63) is 24.3 Å². The Balaban J connectivity index is 1.91. The number of hydrogen-bond acceptors (Lipinski definition) is 2. The highest BCUT2D eigenvalue weighted by Crippen LogP contribution is 2.63. The van der Waals surface area contributed by atoms with Crippen molar-refractivity contribution in [3.63, 3.8) is 0 Å². The highest BCUT2D eigenvalue weighted by atomic mass is 35.5. The summed E-state index contributed by atoms with van der Waals surface area (Å²) >= 11 is 17.8. The third kappa shape index (κ3) is 4.12. The van der Waals surface area contributed by atoms with Crippen molar-refractivity contribution in [1.29, 1.82) is 0 Å². The second kappa shape index (κ2) is 6.73. The number of carbonyl (C=O) groups excluding carboxylic acids is 1. The minimum absolute atomic E-state index is 0.215. The largest absolute Gasteiger partial charge is 0.493 e. The third-order valence-corrected chi connectivity index (χ3v) is 5.13. The maximum absolute atomic E-state index is 11.9. The fourth-order valence-corrected chi connectivity index (χ4v) is 2.91. The van der Waals surface area contributed by atoms with E-state index in [1.165, 1.54) is 4.90 Å². The van der Waals surface area contributed by atoms with E-state index in [2.05, 4.69) is 5.32 Å². The van der Waals surface area contributed by atoms with Crippen molar-refractivity contribution in [1.82, 2.24) is 4.90 Å². The molecule has 1 fully saturated rings. The molecular formula is C15H19Cl3N2O2. The summed E-state index contributed by atoms with van der Waals surface area (Å²) in [5.74, 6) is 1.06. The quantitative estimate of drug-likeness (QED) is 0.761. The van der Waals surface area contributed by atoms with Crippen LogP contribution in [-0.2, 0) is 0 Å². The van der Waals surface area contributed by atoms with Gasteiger partial charge in [0.15, 0.2) is 0 Å². The van der Waals surface area contributed by atoms with E-state index in [9.17, 15) is 4.79 Å². The van der Waals surface area contributed by atoms with Crippen LogP contribution in [0.2, 0.25) is 0 Å². The standard InChI is InChI=1S/C15H19Cl3N2O2/c1-14(9-15(14,17)18)10-22-12-5-3-4-11(8-12)19-13(21)20(2)7-6-16/h3-5,8H,6-7,9-10H2,1-2H3,(H,19,21). The molecule has 0 aromatic heterocycles. The number of nitrogens with zero attached hydrogens (tertiary/aromatic N) is 1. The molecule has 2 amide bonds. The summed E-state index contributed by atoms with van der Waals surface area (Å²) in [6.07, 6.45) is 0.711. The van der Waals surface area contributed by atoms with E-state index < -0.39 is 4.33 Å². The van der Waals surface area contributed by atoms with Gasteiger partial charge in [0.2, 0.25) is 0 Å². The van der Waals surface area contributed by atoms with Gasteiger partial charge in [0.05, 0.1) is 6.61 Å². The Bertz CT molecular complexity index is 553. The lowest BCUT2D eigenvalue weighted by atomic mass is 10.2. The summed E-state index contributed by atoms with van der Waals surface area (Å²) in [6, 6.07) is 6.99. The van der Waals surface area contributed by atoms with Gasteiger partial charge in [0.1, 0.15) is 10.1 Å². The molecule has 0 heterocycles. The van der Waals surface area contributed by atoms with Gasteiger partial charge >= 0.3 is 6.03 Å². The molecular weight excluding hydrogens is 347 g/mol. The van der Waals surface area contributed by atoms with Gasteiger partial charge in [-0.15, -0.1) is 34.8 Å². The first-order valence-electron chi connectivity index (χ1n) is 6.96. The summed E-state index contributed by atoms with van der Waals surface area (Å²) in [7, 11) is 1.69. The molecule has 1 aliphatic rings. The van der Waals surface area contributed by atoms with Crippen LogP contribution in [0.3, 0.4) is 0 Å². The number of anilines is 1. The number of rotatable bonds is 6. The predicted molar refractivity (Wildman–Crippen MR) is 91.5 cm³/mol. The minimum atomic E-state index is -0.705. The molecule has 1 unspecified atom stereocenters. The summed E-state index contributed by atoms with van der Waals surface area (Å²) in [5.41, 5.74) is 0.434. The van der Waals surface area contributed by atoms with Gasteiger partial charge in [-0.3, -0.25) is 0 Å². The molecule has 1 N–H and O–H groups in total. The molecule has 1 aromatic carbocycles. The maximum Gasteiger partial charge on any atom is 0.321 e. The van der Waals surface area contributed by atoms with Crippen LogP contribution in [0.1, 0.15) is 13.3 Å². The van der Waals surface area contributed by atoms with Crippen LogP contribution in [0, 0.1) is 5.41 Å². The van der Waals surface area contributed by atoms with Gasteiger partial charge in [-0.1, -0.05) is 13.0 Å². The Kier molecular flexibility index (Phi) is 5.36. The van der Waals surface area contributed by atoms with Crippen LogP contribution >= 0.6 is 34.8 Å². The zero-order chi connectivity index (χ0) is 16.4. The van der Waals surface area contributed by atoms with Crippen molar-refractivity contribution in [2.24, 2.45) is 5.41 Å². The first kappa shape index (κ1) is 17.5. The van der Waals surface area contributed by atoms with Gasteiger partial charge in [0.25, 0.3) is 0 Å². The summed E-state index contributed by atoms with van der Waals surface area (Å²) in [6.45, 7) is 2.90. The molecule has 0 spiro atoms. The summed E-state index contributed by atoms with van der Waals surface area (Å²) in [4.78, 5) is 13.4. The number of benzene rings is 1. The monoisotopic (exact) mass is 364 g/mol. The van der Waals surface area contributed by atoms with E-state index in [0.717, 1.165) is 0 Å². The predicted octanol–water partition coefficient (Wildman–Crippen LogP) is 4.35. The number of ether oxygens (including phenoxy) is 1.